The summed E-state index contributed by atoms with van der Waals surface area (Å²) in [5.41, 5.74) is 16.7. The van der Waals surface area contributed by atoms with Crippen LogP contribution in [0.25, 0.3) is 0 Å². The van der Waals surface area contributed by atoms with Crippen molar-refractivity contribution in [3.8, 4) is 0 Å². The molecule has 0 rings (SSSR count). The van der Waals surface area contributed by atoms with Crippen molar-refractivity contribution in [2.75, 3.05) is 19.7 Å². The highest BCUT2D eigenvalue weighted by Gasteiger charge is 2.31. The molecule has 0 aromatic rings. The third kappa shape index (κ3) is 11.9. The number of carbonyl (C=O) groups is 4. The Morgan fingerprint density at radius 3 is 1.82 bits per heavy atom. The Morgan fingerprint density at radius 1 is 0.818 bits per heavy atom. The molecule has 192 valence electrons. The first kappa shape index (κ1) is 30.7. The zero-order valence-electron chi connectivity index (χ0n) is 19.7. The van der Waals surface area contributed by atoms with Crippen molar-refractivity contribution in [1.82, 2.24) is 16.0 Å². The Hall–Kier alpha value is -2.28. The van der Waals surface area contributed by atoms with Gasteiger partial charge < -0.3 is 43.4 Å². The maximum atomic E-state index is 12.8. The van der Waals surface area contributed by atoms with Gasteiger partial charge in [0.25, 0.3) is 0 Å². The molecule has 0 aliphatic carbocycles. The van der Waals surface area contributed by atoms with E-state index >= 15 is 0 Å². The molecule has 0 bridgehead atoms. The lowest BCUT2D eigenvalue weighted by molar-refractivity contribution is -0.144. The van der Waals surface area contributed by atoms with Gasteiger partial charge in [-0.15, -0.1) is 0 Å². The fraction of sp³-hybridized carbons (Fsp3) is 0.810. The summed E-state index contributed by atoms with van der Waals surface area (Å²) in [4.78, 5) is 49.3. The van der Waals surface area contributed by atoms with Gasteiger partial charge in [0.2, 0.25) is 17.7 Å². The molecular weight excluding hydrogens is 432 g/mol. The standard InChI is InChI=1S/C21H42N6O6/c1-3-13(2)17(21(32)33)27-19(30)15(9-5-7-11-23)25-20(31)16(12-28)26-18(29)14(24)8-4-6-10-22/h13-17,28H,3-12,22-24H2,1-2H3,(H,25,31)(H,26,29)(H,27,30)(H,32,33). The van der Waals surface area contributed by atoms with E-state index < -0.39 is 54.5 Å². The smallest absolute Gasteiger partial charge is 0.326 e. The van der Waals surface area contributed by atoms with Gasteiger partial charge in [-0.2, -0.15) is 0 Å². The molecule has 12 nitrogen and oxygen atoms in total. The Balaban J connectivity index is 5.23. The van der Waals surface area contributed by atoms with Gasteiger partial charge in [0.05, 0.1) is 12.6 Å². The number of hydrogen-bond donors (Lipinski definition) is 8. The van der Waals surface area contributed by atoms with Crippen molar-refractivity contribution in [3.63, 3.8) is 0 Å². The number of aliphatic hydroxyl groups is 1. The maximum absolute atomic E-state index is 12.8. The second-order valence-electron chi connectivity index (χ2n) is 8.19. The molecule has 5 atom stereocenters. The number of nitrogens with one attached hydrogen (secondary N) is 3. The molecule has 11 N–H and O–H groups in total. The minimum atomic E-state index is -1.31. The number of carboxylic acids is 1. The first-order valence-electron chi connectivity index (χ1n) is 11.5. The van der Waals surface area contributed by atoms with Crippen LogP contribution in [0.4, 0.5) is 0 Å². The molecule has 0 radical (unpaired) electrons. The Morgan fingerprint density at radius 2 is 1.33 bits per heavy atom. The number of unbranched alkanes of at least 4 members (excludes halogenated alkanes) is 2. The van der Waals surface area contributed by atoms with E-state index in [1.54, 1.807) is 6.92 Å². The van der Waals surface area contributed by atoms with E-state index in [-0.39, 0.29) is 12.3 Å². The summed E-state index contributed by atoms with van der Waals surface area (Å²) in [6.07, 6.45) is 3.59. The van der Waals surface area contributed by atoms with E-state index in [9.17, 15) is 29.4 Å². The normalized spacial score (nSPS) is 15.6. The molecule has 0 aromatic carbocycles. The van der Waals surface area contributed by atoms with Crippen LogP contribution in [0, 0.1) is 5.92 Å². The zero-order chi connectivity index (χ0) is 25.4. The summed E-state index contributed by atoms with van der Waals surface area (Å²) in [5, 5.41) is 26.4. The van der Waals surface area contributed by atoms with Crippen LogP contribution in [-0.4, -0.2) is 77.8 Å². The third-order valence-corrected chi connectivity index (χ3v) is 5.48. The number of aliphatic carboxylic acids is 1. The molecule has 0 saturated heterocycles. The molecule has 0 fully saturated rings. The van der Waals surface area contributed by atoms with Gasteiger partial charge in [-0.3, -0.25) is 14.4 Å². The van der Waals surface area contributed by atoms with Crippen LogP contribution in [0.3, 0.4) is 0 Å². The molecule has 0 saturated carbocycles. The molecule has 0 spiro atoms. The van der Waals surface area contributed by atoms with Crippen LogP contribution in [0.15, 0.2) is 0 Å². The lowest BCUT2D eigenvalue weighted by Gasteiger charge is -2.26. The topological polar surface area (TPSA) is 223 Å². The predicted molar refractivity (Wildman–Crippen MR) is 124 cm³/mol. The number of nitrogens with two attached hydrogens (primary N) is 3. The van der Waals surface area contributed by atoms with E-state index in [4.69, 9.17) is 17.2 Å². The van der Waals surface area contributed by atoms with Crippen LogP contribution < -0.4 is 33.2 Å². The van der Waals surface area contributed by atoms with Gasteiger partial charge >= 0.3 is 5.97 Å². The monoisotopic (exact) mass is 474 g/mol. The molecule has 3 amide bonds. The summed E-state index contributed by atoms with van der Waals surface area (Å²) in [7, 11) is 0. The molecule has 33 heavy (non-hydrogen) atoms. The van der Waals surface area contributed by atoms with Crippen LogP contribution in [-0.2, 0) is 19.2 Å². The second kappa shape index (κ2) is 17.2. The number of hydrogen-bond acceptors (Lipinski definition) is 8. The van der Waals surface area contributed by atoms with Crippen molar-refractivity contribution in [2.45, 2.75) is 83.0 Å². The maximum Gasteiger partial charge on any atom is 0.326 e. The number of carbonyl (C=O) groups excluding carboxylic acids is 3. The quantitative estimate of drug-likeness (QED) is 0.104. The number of amides is 3. The van der Waals surface area contributed by atoms with Crippen LogP contribution >= 0.6 is 0 Å². The van der Waals surface area contributed by atoms with Crippen molar-refractivity contribution < 1.29 is 29.4 Å². The van der Waals surface area contributed by atoms with E-state index in [1.807, 2.05) is 6.92 Å². The molecular formula is C21H42N6O6. The minimum Gasteiger partial charge on any atom is -0.480 e. The van der Waals surface area contributed by atoms with Gasteiger partial charge in [-0.05, 0) is 51.1 Å². The van der Waals surface area contributed by atoms with Crippen LogP contribution in [0.2, 0.25) is 0 Å². The summed E-state index contributed by atoms with van der Waals surface area (Å²) < 4.78 is 0. The van der Waals surface area contributed by atoms with Crippen molar-refractivity contribution in [2.24, 2.45) is 23.1 Å². The lowest BCUT2D eigenvalue weighted by atomic mass is 9.98. The van der Waals surface area contributed by atoms with Crippen molar-refractivity contribution in [1.29, 1.82) is 0 Å². The van der Waals surface area contributed by atoms with E-state index in [0.717, 1.165) is 0 Å². The summed E-state index contributed by atoms with van der Waals surface area (Å²) in [6, 6.07) is -4.35. The Labute approximate surface area is 195 Å². The summed E-state index contributed by atoms with van der Waals surface area (Å²) in [6.45, 7) is 3.68. The third-order valence-electron chi connectivity index (χ3n) is 5.48. The minimum absolute atomic E-state index is 0.215. The first-order chi connectivity index (χ1) is 15.6. The highest BCUT2D eigenvalue weighted by atomic mass is 16.4. The molecule has 0 aliphatic rings. The van der Waals surface area contributed by atoms with Gasteiger partial charge in [0.15, 0.2) is 0 Å². The number of rotatable bonds is 18. The van der Waals surface area contributed by atoms with E-state index in [2.05, 4.69) is 16.0 Å². The highest BCUT2D eigenvalue weighted by Crippen LogP contribution is 2.10. The van der Waals surface area contributed by atoms with E-state index in [1.165, 1.54) is 0 Å². The van der Waals surface area contributed by atoms with Crippen molar-refractivity contribution >= 4 is 23.7 Å². The SMILES string of the molecule is CCC(C)C(NC(=O)C(CCCCN)NC(=O)C(CO)NC(=O)C(N)CCCCN)C(=O)O. The summed E-state index contributed by atoms with van der Waals surface area (Å²) >= 11 is 0. The Bertz CT molecular complexity index is 620. The lowest BCUT2D eigenvalue weighted by Crippen LogP contribution is -2.58. The van der Waals surface area contributed by atoms with Gasteiger partial charge in [-0.25, -0.2) is 4.79 Å². The number of aliphatic hydroxyl groups excluding tert-OH is 1. The average molecular weight is 475 g/mol. The molecule has 0 heterocycles. The number of carboxylic acid groups (broad SMARTS) is 1. The van der Waals surface area contributed by atoms with Crippen LogP contribution in [0.5, 0.6) is 0 Å². The van der Waals surface area contributed by atoms with Gasteiger partial charge in [0, 0.05) is 0 Å². The zero-order valence-corrected chi connectivity index (χ0v) is 19.7. The molecule has 0 aliphatic heterocycles. The van der Waals surface area contributed by atoms with Crippen molar-refractivity contribution in [3.05, 3.63) is 0 Å². The molecule has 0 aromatic heterocycles. The van der Waals surface area contributed by atoms with Gasteiger partial charge in [0.1, 0.15) is 18.1 Å². The predicted octanol–water partition coefficient (Wildman–Crippen LogP) is -1.85. The summed E-state index contributed by atoms with van der Waals surface area (Å²) in [5.74, 6) is -3.53. The average Bonchev–Trinajstić information content (AvgIpc) is 2.79. The van der Waals surface area contributed by atoms with E-state index in [0.29, 0.717) is 51.6 Å². The Kier molecular flexibility index (Phi) is 16.0. The largest absolute Gasteiger partial charge is 0.480 e. The van der Waals surface area contributed by atoms with Crippen LogP contribution in [0.1, 0.15) is 58.8 Å². The first-order valence-corrected chi connectivity index (χ1v) is 11.5. The fourth-order valence-corrected chi connectivity index (χ4v) is 3.08. The highest BCUT2D eigenvalue weighted by molar-refractivity contribution is 5.94. The molecule has 12 heteroatoms. The fourth-order valence-electron chi connectivity index (χ4n) is 3.08. The molecule has 5 unspecified atom stereocenters. The van der Waals surface area contributed by atoms with Gasteiger partial charge in [-0.1, -0.05) is 26.7 Å². The second-order valence-corrected chi connectivity index (χ2v) is 8.19.